The second-order valence-corrected chi connectivity index (χ2v) is 5.03. The first-order valence-electron chi connectivity index (χ1n) is 7.69. The molecule has 24 heavy (non-hydrogen) atoms. The third kappa shape index (κ3) is 4.06. The molecule has 1 N–H and O–H groups in total. The molecule has 0 saturated heterocycles. The Bertz CT molecular complexity index is 752. The van der Waals surface area contributed by atoms with E-state index in [0.29, 0.717) is 18.8 Å². The summed E-state index contributed by atoms with van der Waals surface area (Å²) >= 11 is 0. The Labute approximate surface area is 138 Å². The number of likely N-dealkylation sites (N-methyl/N-ethyl adjacent to an activating group) is 2. The standard InChI is InChI=1S/C15H20N6O3/c1-3-16-13(22)10-19(4-2)14(23)11-20-15(24)21(18-17-20)12-8-6-5-7-9-12/h5-9H,3-4,10-11H2,1-2H3,(H,16,22). The van der Waals surface area contributed by atoms with E-state index in [1.165, 1.54) is 4.90 Å². The van der Waals surface area contributed by atoms with Gasteiger partial charge in [-0.25, -0.2) is 4.79 Å². The minimum Gasteiger partial charge on any atom is -0.355 e. The molecule has 2 rings (SSSR count). The summed E-state index contributed by atoms with van der Waals surface area (Å²) < 4.78 is 2.10. The molecule has 2 amide bonds. The van der Waals surface area contributed by atoms with Crippen molar-refractivity contribution in [3.63, 3.8) is 0 Å². The first-order valence-corrected chi connectivity index (χ1v) is 7.69. The van der Waals surface area contributed by atoms with Crippen LogP contribution in [-0.4, -0.2) is 56.1 Å². The van der Waals surface area contributed by atoms with E-state index < -0.39 is 5.69 Å². The van der Waals surface area contributed by atoms with E-state index >= 15 is 0 Å². The van der Waals surface area contributed by atoms with Gasteiger partial charge >= 0.3 is 5.69 Å². The van der Waals surface area contributed by atoms with E-state index in [2.05, 4.69) is 15.7 Å². The fourth-order valence-electron chi connectivity index (χ4n) is 2.14. The van der Waals surface area contributed by atoms with Gasteiger partial charge < -0.3 is 10.2 Å². The Balaban J connectivity index is 2.10. The topological polar surface area (TPSA) is 102 Å². The van der Waals surface area contributed by atoms with Gasteiger partial charge in [0.25, 0.3) is 0 Å². The molecular weight excluding hydrogens is 312 g/mol. The molecule has 2 aromatic rings. The molecule has 0 saturated carbocycles. The smallest absolute Gasteiger partial charge is 0.355 e. The highest BCUT2D eigenvalue weighted by Crippen LogP contribution is 2.00. The summed E-state index contributed by atoms with van der Waals surface area (Å²) in [6, 6.07) is 8.81. The summed E-state index contributed by atoms with van der Waals surface area (Å²) in [4.78, 5) is 37.6. The predicted molar refractivity (Wildman–Crippen MR) is 86.6 cm³/mol. The number of carbonyl (C=O) groups is 2. The van der Waals surface area contributed by atoms with Crippen LogP contribution in [0, 0.1) is 0 Å². The average Bonchev–Trinajstić information content (AvgIpc) is 2.94. The second kappa shape index (κ2) is 8.04. The minimum atomic E-state index is -0.511. The van der Waals surface area contributed by atoms with E-state index in [4.69, 9.17) is 0 Å². The van der Waals surface area contributed by atoms with E-state index in [0.717, 1.165) is 9.36 Å². The number of benzene rings is 1. The van der Waals surface area contributed by atoms with Gasteiger partial charge in [-0.2, -0.15) is 9.36 Å². The number of aromatic nitrogens is 4. The number of tetrazole rings is 1. The van der Waals surface area contributed by atoms with Gasteiger partial charge in [0.05, 0.1) is 12.2 Å². The molecule has 0 unspecified atom stereocenters. The van der Waals surface area contributed by atoms with Gasteiger partial charge in [0, 0.05) is 13.1 Å². The Kier molecular flexibility index (Phi) is 5.83. The lowest BCUT2D eigenvalue weighted by Gasteiger charge is -2.19. The van der Waals surface area contributed by atoms with Crippen LogP contribution >= 0.6 is 0 Å². The lowest BCUT2D eigenvalue weighted by atomic mass is 10.3. The van der Waals surface area contributed by atoms with E-state index in [-0.39, 0.29) is 24.9 Å². The molecule has 128 valence electrons. The van der Waals surface area contributed by atoms with Crippen LogP contribution in [0.1, 0.15) is 13.8 Å². The molecule has 1 aromatic carbocycles. The fraction of sp³-hybridized carbons (Fsp3) is 0.400. The molecule has 1 aromatic heterocycles. The lowest BCUT2D eigenvalue weighted by molar-refractivity contribution is -0.136. The van der Waals surface area contributed by atoms with Crippen molar-refractivity contribution in [1.82, 2.24) is 30.0 Å². The number of nitrogens with zero attached hydrogens (tertiary/aromatic N) is 5. The number of rotatable bonds is 7. The molecule has 9 nitrogen and oxygen atoms in total. The summed E-state index contributed by atoms with van der Waals surface area (Å²) in [5.74, 6) is -0.612. The Hall–Kier alpha value is -2.97. The number of para-hydroxylation sites is 1. The molecule has 1 heterocycles. The van der Waals surface area contributed by atoms with Gasteiger partial charge in [-0.15, -0.1) is 0 Å². The van der Waals surface area contributed by atoms with Crippen molar-refractivity contribution in [3.8, 4) is 5.69 Å². The van der Waals surface area contributed by atoms with Gasteiger partial charge in [-0.3, -0.25) is 9.59 Å². The molecule has 0 aliphatic rings. The van der Waals surface area contributed by atoms with Crippen molar-refractivity contribution in [1.29, 1.82) is 0 Å². The average molecular weight is 332 g/mol. The fourth-order valence-corrected chi connectivity index (χ4v) is 2.14. The molecular formula is C15H20N6O3. The zero-order valence-electron chi connectivity index (χ0n) is 13.7. The summed E-state index contributed by atoms with van der Waals surface area (Å²) in [5.41, 5.74) is 0.0551. The van der Waals surface area contributed by atoms with E-state index in [1.54, 1.807) is 38.1 Å². The molecule has 0 aliphatic carbocycles. The summed E-state index contributed by atoms with van der Waals surface area (Å²) in [7, 11) is 0. The maximum Gasteiger partial charge on any atom is 0.368 e. The van der Waals surface area contributed by atoms with Crippen molar-refractivity contribution in [2.75, 3.05) is 19.6 Å². The van der Waals surface area contributed by atoms with Gasteiger partial charge in [0.2, 0.25) is 11.8 Å². The molecule has 0 fully saturated rings. The third-order valence-corrected chi connectivity index (χ3v) is 3.37. The van der Waals surface area contributed by atoms with Gasteiger partial charge in [0.15, 0.2) is 0 Å². The molecule has 0 aliphatic heterocycles. The van der Waals surface area contributed by atoms with Crippen LogP contribution in [-0.2, 0) is 16.1 Å². The van der Waals surface area contributed by atoms with Crippen molar-refractivity contribution in [3.05, 3.63) is 40.8 Å². The van der Waals surface area contributed by atoms with Gasteiger partial charge in [-0.1, -0.05) is 18.2 Å². The molecule has 0 atom stereocenters. The first kappa shape index (κ1) is 17.4. The lowest BCUT2D eigenvalue weighted by Crippen LogP contribution is -2.43. The first-order chi connectivity index (χ1) is 11.6. The minimum absolute atomic E-state index is 0.0508. The van der Waals surface area contributed by atoms with Crippen molar-refractivity contribution in [2.45, 2.75) is 20.4 Å². The van der Waals surface area contributed by atoms with Crippen LogP contribution < -0.4 is 11.0 Å². The summed E-state index contributed by atoms with van der Waals surface area (Å²) in [5, 5.41) is 10.1. The van der Waals surface area contributed by atoms with Crippen LogP contribution in [0.5, 0.6) is 0 Å². The van der Waals surface area contributed by atoms with Crippen LogP contribution in [0.15, 0.2) is 35.1 Å². The zero-order chi connectivity index (χ0) is 17.5. The van der Waals surface area contributed by atoms with Crippen LogP contribution in [0.4, 0.5) is 0 Å². The summed E-state index contributed by atoms with van der Waals surface area (Å²) in [6.07, 6.45) is 0. The molecule has 9 heteroatoms. The van der Waals surface area contributed by atoms with E-state index in [1.807, 2.05) is 6.07 Å². The van der Waals surface area contributed by atoms with Crippen molar-refractivity contribution in [2.24, 2.45) is 0 Å². The molecule has 0 radical (unpaired) electrons. The highest BCUT2D eigenvalue weighted by molar-refractivity contribution is 5.84. The maximum absolute atomic E-state index is 12.3. The number of nitrogens with one attached hydrogen (secondary N) is 1. The van der Waals surface area contributed by atoms with Crippen LogP contribution in [0.25, 0.3) is 5.69 Å². The third-order valence-electron chi connectivity index (χ3n) is 3.37. The highest BCUT2D eigenvalue weighted by atomic mass is 16.2. The van der Waals surface area contributed by atoms with Gasteiger partial charge in [0.1, 0.15) is 6.54 Å². The SMILES string of the molecule is CCNC(=O)CN(CC)C(=O)Cn1nnn(-c2ccccc2)c1=O. The Morgan fingerprint density at radius 3 is 2.50 bits per heavy atom. The largest absolute Gasteiger partial charge is 0.368 e. The normalized spacial score (nSPS) is 10.4. The molecule has 0 spiro atoms. The predicted octanol–water partition coefficient (Wildman–Crippen LogP) is -0.586. The van der Waals surface area contributed by atoms with Crippen LogP contribution in [0.3, 0.4) is 0 Å². The van der Waals surface area contributed by atoms with Gasteiger partial charge in [-0.05, 0) is 36.4 Å². The Morgan fingerprint density at radius 2 is 1.88 bits per heavy atom. The number of carbonyl (C=O) groups excluding carboxylic acids is 2. The number of amides is 2. The zero-order valence-corrected chi connectivity index (χ0v) is 13.7. The quantitative estimate of drug-likeness (QED) is 0.730. The molecule has 0 bridgehead atoms. The van der Waals surface area contributed by atoms with Crippen LogP contribution in [0.2, 0.25) is 0 Å². The van der Waals surface area contributed by atoms with E-state index in [9.17, 15) is 14.4 Å². The number of hydrogen-bond acceptors (Lipinski definition) is 5. The van der Waals surface area contributed by atoms with Crippen molar-refractivity contribution >= 4 is 11.8 Å². The summed E-state index contributed by atoms with van der Waals surface area (Å²) in [6.45, 7) is 4.11. The van der Waals surface area contributed by atoms with Crippen molar-refractivity contribution < 1.29 is 9.59 Å². The highest BCUT2D eigenvalue weighted by Gasteiger charge is 2.18. The maximum atomic E-state index is 12.3. The second-order valence-electron chi connectivity index (χ2n) is 5.03. The number of hydrogen-bond donors (Lipinski definition) is 1. The monoisotopic (exact) mass is 332 g/mol. The Morgan fingerprint density at radius 1 is 1.17 bits per heavy atom.